The van der Waals surface area contributed by atoms with Gasteiger partial charge in [-0.25, -0.2) is 4.98 Å². The Hall–Kier alpha value is -2.70. The fourth-order valence-electron chi connectivity index (χ4n) is 4.27. The first kappa shape index (κ1) is 20.2. The second-order valence-electron chi connectivity index (χ2n) is 8.03. The highest BCUT2D eigenvalue weighted by Crippen LogP contribution is 2.35. The molecular weight excluding hydrogens is 435 g/mol. The third-order valence-corrected chi connectivity index (χ3v) is 6.40. The van der Waals surface area contributed by atoms with E-state index in [1.807, 2.05) is 13.0 Å². The monoisotopic (exact) mass is 456 g/mol. The Morgan fingerprint density at radius 3 is 2.65 bits per heavy atom. The van der Waals surface area contributed by atoms with E-state index in [-0.39, 0.29) is 11.9 Å². The minimum atomic E-state index is -0.125. The van der Waals surface area contributed by atoms with Crippen LogP contribution in [0.25, 0.3) is 22.0 Å². The summed E-state index contributed by atoms with van der Waals surface area (Å²) in [7, 11) is 0. The Balaban J connectivity index is 1.55. The summed E-state index contributed by atoms with van der Waals surface area (Å²) in [6, 6.07) is 9.19. The SMILES string of the molecule is Cc1cc2c(o1)c(C(=O)NC1CCCCC1)cc1nc(Nc3c(Cl)cccc3Cl)[nH]c12. The zero-order valence-electron chi connectivity index (χ0n) is 17.0. The van der Waals surface area contributed by atoms with Crippen LogP contribution >= 0.6 is 23.2 Å². The highest BCUT2D eigenvalue weighted by atomic mass is 35.5. The van der Waals surface area contributed by atoms with Crippen molar-refractivity contribution in [1.29, 1.82) is 0 Å². The molecule has 2 aromatic heterocycles. The van der Waals surface area contributed by atoms with Gasteiger partial charge in [0.15, 0.2) is 0 Å². The van der Waals surface area contributed by atoms with Gasteiger partial charge in [0, 0.05) is 11.4 Å². The molecule has 1 aliphatic carbocycles. The molecule has 160 valence electrons. The van der Waals surface area contributed by atoms with Crippen LogP contribution in [0.2, 0.25) is 10.0 Å². The topological polar surface area (TPSA) is 82.9 Å². The highest BCUT2D eigenvalue weighted by Gasteiger charge is 2.22. The Labute approximate surface area is 189 Å². The molecule has 5 rings (SSSR count). The van der Waals surface area contributed by atoms with Gasteiger partial charge in [-0.15, -0.1) is 0 Å². The number of hydrogen-bond donors (Lipinski definition) is 3. The summed E-state index contributed by atoms with van der Waals surface area (Å²) in [6.07, 6.45) is 5.57. The number of carbonyl (C=O) groups is 1. The van der Waals surface area contributed by atoms with E-state index in [0.717, 1.165) is 42.3 Å². The van der Waals surface area contributed by atoms with Gasteiger partial charge in [0.1, 0.15) is 11.3 Å². The zero-order chi connectivity index (χ0) is 21.5. The number of aryl methyl sites for hydroxylation is 1. The van der Waals surface area contributed by atoms with Crippen molar-refractivity contribution in [1.82, 2.24) is 15.3 Å². The number of nitrogens with zero attached hydrogens (tertiary/aromatic N) is 1. The van der Waals surface area contributed by atoms with Crippen LogP contribution in [0.5, 0.6) is 0 Å². The van der Waals surface area contributed by atoms with Crippen LogP contribution in [-0.2, 0) is 0 Å². The molecule has 0 bridgehead atoms. The quantitative estimate of drug-likeness (QED) is 0.317. The van der Waals surface area contributed by atoms with E-state index in [0.29, 0.717) is 38.3 Å². The average molecular weight is 457 g/mol. The van der Waals surface area contributed by atoms with E-state index in [1.165, 1.54) is 6.42 Å². The maximum atomic E-state index is 13.1. The largest absolute Gasteiger partial charge is 0.460 e. The van der Waals surface area contributed by atoms with Gasteiger partial charge < -0.3 is 20.0 Å². The van der Waals surface area contributed by atoms with Crippen LogP contribution < -0.4 is 10.6 Å². The number of imidazole rings is 1. The minimum Gasteiger partial charge on any atom is -0.460 e. The van der Waals surface area contributed by atoms with Crippen molar-refractivity contribution in [2.75, 3.05) is 5.32 Å². The average Bonchev–Trinajstić information content (AvgIpc) is 3.33. The first-order chi connectivity index (χ1) is 15.0. The number of rotatable bonds is 4. The molecule has 2 aromatic carbocycles. The highest BCUT2D eigenvalue weighted by molar-refractivity contribution is 6.39. The molecule has 6 nitrogen and oxygen atoms in total. The first-order valence-electron chi connectivity index (χ1n) is 10.4. The number of furan rings is 1. The standard InChI is InChI=1S/C23H22Cl2N4O2/c1-12-10-14-19-18(27-23(28-19)29-20-16(24)8-5-9-17(20)25)11-15(21(14)31-12)22(30)26-13-6-3-2-4-7-13/h5,8-11,13H,2-4,6-7H2,1H3,(H,26,30)(H2,27,28,29). The van der Waals surface area contributed by atoms with Gasteiger partial charge in [0.25, 0.3) is 5.91 Å². The maximum Gasteiger partial charge on any atom is 0.255 e. The molecule has 0 unspecified atom stereocenters. The van der Waals surface area contributed by atoms with Gasteiger partial charge >= 0.3 is 0 Å². The third kappa shape index (κ3) is 3.86. The van der Waals surface area contributed by atoms with Gasteiger partial charge in [-0.05, 0) is 44.0 Å². The summed E-state index contributed by atoms with van der Waals surface area (Å²) in [5.41, 5.74) is 3.07. The number of amides is 1. The fourth-order valence-corrected chi connectivity index (χ4v) is 4.76. The van der Waals surface area contributed by atoms with E-state index >= 15 is 0 Å². The van der Waals surface area contributed by atoms with Crippen molar-refractivity contribution in [3.05, 3.63) is 51.7 Å². The predicted octanol–water partition coefficient (Wildman–Crippen LogP) is 6.73. The van der Waals surface area contributed by atoms with Crippen molar-refractivity contribution in [3.63, 3.8) is 0 Å². The molecule has 1 fully saturated rings. The van der Waals surface area contributed by atoms with Crippen molar-refractivity contribution < 1.29 is 9.21 Å². The molecule has 8 heteroatoms. The number of hydrogen-bond acceptors (Lipinski definition) is 4. The van der Waals surface area contributed by atoms with Gasteiger partial charge in [-0.3, -0.25) is 4.79 Å². The lowest BCUT2D eigenvalue weighted by molar-refractivity contribution is 0.0928. The number of fused-ring (bicyclic) bond motifs is 3. The maximum absolute atomic E-state index is 13.1. The number of aromatic amines is 1. The van der Waals surface area contributed by atoms with Crippen LogP contribution in [-0.4, -0.2) is 21.9 Å². The molecule has 0 radical (unpaired) electrons. The van der Waals surface area contributed by atoms with Crippen molar-refractivity contribution in [2.45, 2.75) is 45.1 Å². The Morgan fingerprint density at radius 2 is 1.90 bits per heavy atom. The number of benzene rings is 2. The van der Waals surface area contributed by atoms with Crippen molar-refractivity contribution >= 4 is 62.7 Å². The Morgan fingerprint density at radius 1 is 1.16 bits per heavy atom. The molecule has 0 aliphatic heterocycles. The van der Waals surface area contributed by atoms with Crippen LogP contribution in [0.15, 0.2) is 34.7 Å². The van der Waals surface area contributed by atoms with Gasteiger partial charge in [-0.1, -0.05) is 48.5 Å². The number of halogens is 2. The summed E-state index contributed by atoms with van der Waals surface area (Å²) < 4.78 is 5.91. The number of carbonyl (C=O) groups excluding carboxylic acids is 1. The molecule has 1 amide bonds. The second kappa shape index (κ2) is 8.09. The van der Waals surface area contributed by atoms with Gasteiger partial charge in [0.05, 0.1) is 32.3 Å². The van der Waals surface area contributed by atoms with Crippen LogP contribution in [0.4, 0.5) is 11.6 Å². The number of aromatic nitrogens is 2. The summed E-state index contributed by atoms with van der Waals surface area (Å²) in [5.74, 6) is 1.09. The Kier molecular flexibility index (Phi) is 5.28. The van der Waals surface area contributed by atoms with E-state index < -0.39 is 0 Å². The molecule has 31 heavy (non-hydrogen) atoms. The van der Waals surface area contributed by atoms with E-state index in [2.05, 4.69) is 20.6 Å². The molecule has 1 saturated carbocycles. The second-order valence-corrected chi connectivity index (χ2v) is 8.85. The van der Waals surface area contributed by atoms with Crippen LogP contribution in [0.1, 0.15) is 48.2 Å². The third-order valence-electron chi connectivity index (χ3n) is 5.77. The molecule has 0 saturated heterocycles. The normalized spacial score (nSPS) is 14.9. The molecule has 0 spiro atoms. The molecular formula is C23H22Cl2N4O2. The van der Waals surface area contributed by atoms with Crippen molar-refractivity contribution in [3.8, 4) is 0 Å². The minimum absolute atomic E-state index is 0.125. The van der Waals surface area contributed by atoms with Crippen LogP contribution in [0, 0.1) is 6.92 Å². The molecule has 4 aromatic rings. The molecule has 0 atom stereocenters. The van der Waals surface area contributed by atoms with E-state index in [4.69, 9.17) is 27.6 Å². The number of anilines is 2. The van der Waals surface area contributed by atoms with Crippen LogP contribution in [0.3, 0.4) is 0 Å². The van der Waals surface area contributed by atoms with E-state index in [1.54, 1.807) is 24.3 Å². The van der Waals surface area contributed by atoms with E-state index in [9.17, 15) is 4.79 Å². The summed E-state index contributed by atoms with van der Waals surface area (Å²) >= 11 is 12.6. The van der Waals surface area contributed by atoms with Gasteiger partial charge in [-0.2, -0.15) is 0 Å². The zero-order valence-corrected chi connectivity index (χ0v) is 18.5. The molecule has 3 N–H and O–H groups in total. The summed E-state index contributed by atoms with van der Waals surface area (Å²) in [6.45, 7) is 1.87. The predicted molar refractivity (Wildman–Crippen MR) is 125 cm³/mol. The number of H-pyrrole nitrogens is 1. The van der Waals surface area contributed by atoms with Gasteiger partial charge in [0.2, 0.25) is 5.95 Å². The Bertz CT molecular complexity index is 1270. The lowest BCUT2D eigenvalue weighted by atomic mass is 9.95. The summed E-state index contributed by atoms with van der Waals surface area (Å²) in [4.78, 5) is 21.0. The lowest BCUT2D eigenvalue weighted by Crippen LogP contribution is -2.36. The summed E-state index contributed by atoms with van der Waals surface area (Å²) in [5, 5.41) is 8.13. The number of nitrogens with one attached hydrogen (secondary N) is 3. The number of para-hydroxylation sites is 1. The fraction of sp³-hybridized carbons (Fsp3) is 0.304. The van der Waals surface area contributed by atoms with Crippen molar-refractivity contribution in [2.24, 2.45) is 0 Å². The molecule has 1 aliphatic rings. The lowest BCUT2D eigenvalue weighted by Gasteiger charge is -2.22. The first-order valence-corrected chi connectivity index (χ1v) is 11.2. The smallest absolute Gasteiger partial charge is 0.255 e. The molecule has 2 heterocycles.